The maximum Gasteiger partial charge on any atom is 0.240 e. The summed E-state index contributed by atoms with van der Waals surface area (Å²) in [5, 5.41) is 16.2. The molecule has 0 bridgehead atoms. The summed E-state index contributed by atoms with van der Waals surface area (Å²) in [6.07, 6.45) is 3.55. The van der Waals surface area contributed by atoms with Crippen LogP contribution in [0.15, 0.2) is 70.4 Å². The average Bonchev–Trinajstić information content (AvgIpc) is 3.22. The van der Waals surface area contributed by atoms with Crippen molar-refractivity contribution in [1.82, 2.24) is 25.1 Å². The molecule has 2 aromatic heterocycles. The first kappa shape index (κ1) is 18.0. The lowest BCUT2D eigenvalue weighted by Crippen LogP contribution is -2.30. The Morgan fingerprint density at radius 2 is 1.83 bits per heavy atom. The number of rotatable bonds is 6. The van der Waals surface area contributed by atoms with Crippen LogP contribution >= 0.6 is 0 Å². The molecule has 0 unspecified atom stereocenters. The molecule has 0 spiro atoms. The van der Waals surface area contributed by atoms with Crippen molar-refractivity contribution >= 4 is 5.84 Å². The van der Waals surface area contributed by atoms with E-state index in [1.165, 1.54) is 0 Å². The fraction of sp³-hybridized carbons (Fsp3) is 0.190. The van der Waals surface area contributed by atoms with E-state index in [1.54, 1.807) is 0 Å². The van der Waals surface area contributed by atoms with Gasteiger partial charge in [0.25, 0.3) is 0 Å². The Morgan fingerprint density at radius 1 is 1.07 bits per heavy atom. The van der Waals surface area contributed by atoms with E-state index in [9.17, 15) is 0 Å². The third kappa shape index (κ3) is 3.20. The van der Waals surface area contributed by atoms with Gasteiger partial charge in [-0.05, 0) is 18.4 Å². The van der Waals surface area contributed by atoms with Crippen LogP contribution in [0.5, 0.6) is 0 Å². The van der Waals surface area contributed by atoms with Gasteiger partial charge >= 0.3 is 0 Å². The molecular weight excluding hydrogens is 380 g/mol. The molecule has 0 atom stereocenters. The van der Waals surface area contributed by atoms with E-state index < -0.39 is 5.41 Å². The van der Waals surface area contributed by atoms with Gasteiger partial charge in [0.15, 0.2) is 0 Å². The molecule has 9 heteroatoms. The van der Waals surface area contributed by atoms with Crippen molar-refractivity contribution in [3.8, 4) is 22.6 Å². The van der Waals surface area contributed by atoms with Crippen LogP contribution < -0.4 is 11.6 Å². The van der Waals surface area contributed by atoms with Crippen molar-refractivity contribution in [3.63, 3.8) is 0 Å². The minimum atomic E-state index is -0.497. The number of hydrogen-bond donors (Lipinski definition) is 2. The van der Waals surface area contributed by atoms with Gasteiger partial charge in [-0.3, -0.25) is 0 Å². The fourth-order valence-electron chi connectivity index (χ4n) is 3.43. The lowest BCUT2D eigenvalue weighted by molar-refractivity contribution is 0.367. The first-order chi connectivity index (χ1) is 14.7. The van der Waals surface area contributed by atoms with E-state index in [-0.39, 0.29) is 0 Å². The highest BCUT2D eigenvalue weighted by atomic mass is 16.5. The topological polar surface area (TPSA) is 134 Å². The number of hydrazone groups is 1. The summed E-state index contributed by atoms with van der Waals surface area (Å²) in [7, 11) is 0. The molecule has 1 aliphatic rings. The Morgan fingerprint density at radius 3 is 2.53 bits per heavy atom. The number of benzene rings is 2. The van der Waals surface area contributed by atoms with Gasteiger partial charge in [0, 0.05) is 11.1 Å². The normalized spacial score (nSPS) is 15.3. The van der Waals surface area contributed by atoms with Gasteiger partial charge in [0.2, 0.25) is 11.7 Å². The predicted octanol–water partition coefficient (Wildman–Crippen LogP) is 2.31. The standard InChI is InChI=1S/C21H20N8O/c22-19(25-23)21(10-11-21)20-24-18(27-30-20)16-8-6-14(7-9-16)12-29-13-17(26-28-29)15-4-2-1-3-5-15/h1-9,13H,10-12,23H2,(H2,22,25). The predicted molar refractivity (Wildman–Crippen MR) is 111 cm³/mol. The second-order valence-corrected chi connectivity index (χ2v) is 7.38. The molecule has 0 radical (unpaired) electrons. The van der Waals surface area contributed by atoms with E-state index in [1.807, 2.05) is 65.5 Å². The van der Waals surface area contributed by atoms with Crippen molar-refractivity contribution < 1.29 is 4.52 Å². The minimum absolute atomic E-state index is 0.329. The van der Waals surface area contributed by atoms with Crippen molar-refractivity contribution in [2.75, 3.05) is 0 Å². The van der Waals surface area contributed by atoms with Crippen LogP contribution in [-0.4, -0.2) is 31.0 Å². The molecule has 1 saturated carbocycles. The molecule has 2 aromatic carbocycles. The molecule has 2 heterocycles. The first-order valence-electron chi connectivity index (χ1n) is 9.61. The van der Waals surface area contributed by atoms with Gasteiger partial charge in [0.1, 0.15) is 16.9 Å². The third-order valence-corrected chi connectivity index (χ3v) is 5.38. The Kier molecular flexibility index (Phi) is 4.27. The summed E-state index contributed by atoms with van der Waals surface area (Å²) in [5.74, 6) is 6.63. The zero-order chi connectivity index (χ0) is 20.6. The summed E-state index contributed by atoms with van der Waals surface area (Å²) in [6, 6.07) is 17.9. The molecule has 150 valence electrons. The number of nitrogens with zero attached hydrogens (tertiary/aromatic N) is 6. The van der Waals surface area contributed by atoms with Crippen LogP contribution in [0, 0.1) is 0 Å². The third-order valence-electron chi connectivity index (χ3n) is 5.38. The molecule has 9 nitrogen and oxygen atoms in total. The van der Waals surface area contributed by atoms with Crippen LogP contribution in [0.25, 0.3) is 22.6 Å². The fourth-order valence-corrected chi connectivity index (χ4v) is 3.43. The Hall–Kier alpha value is -4.01. The monoisotopic (exact) mass is 400 g/mol. The number of hydrogen-bond acceptors (Lipinski definition) is 7. The van der Waals surface area contributed by atoms with E-state index in [4.69, 9.17) is 16.1 Å². The minimum Gasteiger partial charge on any atom is -0.385 e. The van der Waals surface area contributed by atoms with Crippen LogP contribution in [0.4, 0.5) is 0 Å². The quantitative estimate of drug-likeness (QED) is 0.219. The zero-order valence-corrected chi connectivity index (χ0v) is 16.1. The number of amidine groups is 1. The second-order valence-electron chi connectivity index (χ2n) is 7.38. The van der Waals surface area contributed by atoms with Crippen molar-refractivity contribution in [2.24, 2.45) is 16.7 Å². The average molecular weight is 400 g/mol. The second kappa shape index (κ2) is 7.11. The van der Waals surface area contributed by atoms with Gasteiger partial charge in [-0.1, -0.05) is 65.0 Å². The van der Waals surface area contributed by atoms with Crippen molar-refractivity contribution in [3.05, 3.63) is 72.2 Å². The van der Waals surface area contributed by atoms with Gasteiger partial charge in [-0.2, -0.15) is 10.1 Å². The molecule has 0 saturated heterocycles. The molecule has 0 amide bonds. The van der Waals surface area contributed by atoms with Gasteiger partial charge < -0.3 is 16.1 Å². The molecule has 1 fully saturated rings. The van der Waals surface area contributed by atoms with E-state index in [0.29, 0.717) is 24.1 Å². The highest BCUT2D eigenvalue weighted by molar-refractivity contribution is 5.93. The largest absolute Gasteiger partial charge is 0.385 e. The molecule has 4 N–H and O–H groups in total. The molecular formula is C21H20N8O. The molecule has 5 rings (SSSR count). The van der Waals surface area contributed by atoms with E-state index >= 15 is 0 Å². The maximum absolute atomic E-state index is 5.91. The molecule has 4 aromatic rings. The molecule has 30 heavy (non-hydrogen) atoms. The lowest BCUT2D eigenvalue weighted by Gasteiger charge is -2.06. The van der Waals surface area contributed by atoms with Crippen molar-refractivity contribution in [1.29, 1.82) is 0 Å². The molecule has 0 aliphatic heterocycles. The Balaban J connectivity index is 1.31. The lowest BCUT2D eigenvalue weighted by atomic mass is 10.1. The highest BCUT2D eigenvalue weighted by Gasteiger charge is 2.53. The number of nitrogens with two attached hydrogens (primary N) is 2. The molecule has 1 aliphatic carbocycles. The SMILES string of the molecule is N/N=C(\N)C1(c2nc(-c3ccc(Cn4cc(-c5ccccc5)nn4)cc3)no2)CC1. The van der Waals surface area contributed by atoms with Gasteiger partial charge in [-0.25, -0.2) is 4.68 Å². The summed E-state index contributed by atoms with van der Waals surface area (Å²) < 4.78 is 7.26. The zero-order valence-electron chi connectivity index (χ0n) is 16.1. The summed E-state index contributed by atoms with van der Waals surface area (Å²) in [6.45, 7) is 0.615. The summed E-state index contributed by atoms with van der Waals surface area (Å²) in [4.78, 5) is 4.51. The highest BCUT2D eigenvalue weighted by Crippen LogP contribution is 2.47. The smallest absolute Gasteiger partial charge is 0.240 e. The summed E-state index contributed by atoms with van der Waals surface area (Å²) in [5.41, 5.74) is 9.25. The van der Waals surface area contributed by atoms with Gasteiger partial charge in [0.05, 0.1) is 12.7 Å². The van der Waals surface area contributed by atoms with Gasteiger partial charge in [-0.15, -0.1) is 5.10 Å². The first-order valence-corrected chi connectivity index (χ1v) is 9.61. The van der Waals surface area contributed by atoms with Crippen LogP contribution in [0.2, 0.25) is 0 Å². The van der Waals surface area contributed by atoms with Crippen LogP contribution in [-0.2, 0) is 12.0 Å². The van der Waals surface area contributed by atoms with Crippen molar-refractivity contribution in [2.45, 2.75) is 24.8 Å². The van der Waals surface area contributed by atoms with E-state index in [2.05, 4.69) is 25.6 Å². The van der Waals surface area contributed by atoms with E-state index in [0.717, 1.165) is 35.2 Å². The Labute approximate surface area is 172 Å². The maximum atomic E-state index is 5.91. The number of aromatic nitrogens is 5. The van der Waals surface area contributed by atoms with Crippen LogP contribution in [0.1, 0.15) is 24.3 Å². The Bertz CT molecular complexity index is 1190. The van der Waals surface area contributed by atoms with Crippen LogP contribution in [0.3, 0.4) is 0 Å². The summed E-state index contributed by atoms with van der Waals surface area (Å²) >= 11 is 0.